The van der Waals surface area contributed by atoms with E-state index >= 15 is 0 Å². The minimum absolute atomic E-state index is 0.0654. The Kier molecular flexibility index (Phi) is 5.68. The number of hydrogen-bond donors (Lipinski definition) is 1. The van der Waals surface area contributed by atoms with Gasteiger partial charge in [-0.3, -0.25) is 9.78 Å². The van der Waals surface area contributed by atoms with Gasteiger partial charge in [0.15, 0.2) is 0 Å². The first-order chi connectivity index (χ1) is 12.7. The number of nitrogens with zero attached hydrogens (tertiary/aromatic N) is 1. The third kappa shape index (κ3) is 4.38. The molecule has 1 N–H and O–H groups in total. The first kappa shape index (κ1) is 20.0. The number of pyridine rings is 1. The Morgan fingerprint density at radius 3 is 2.52 bits per heavy atom. The highest BCUT2D eigenvalue weighted by atomic mass is 35.5. The number of alkyl halides is 2. The number of carbonyl (C=O) groups is 1. The summed E-state index contributed by atoms with van der Waals surface area (Å²) in [6.45, 7) is 0.0654. The van der Waals surface area contributed by atoms with Crippen molar-refractivity contribution in [3.05, 3.63) is 63.6 Å². The van der Waals surface area contributed by atoms with Crippen molar-refractivity contribution < 1.29 is 18.0 Å². The number of carbonyl (C=O) groups excluding carboxylic acids is 1. The maximum Gasteiger partial charge on any atom is 0.252 e. The lowest BCUT2D eigenvalue weighted by Gasteiger charge is -2.40. The van der Waals surface area contributed by atoms with Crippen molar-refractivity contribution in [3.63, 3.8) is 0 Å². The number of hydrogen-bond acceptors (Lipinski definition) is 2. The SMILES string of the molecule is O=C(NCC1(c2cncc(F)c2)CCC(F)(F)CC1)c1cccc(Cl)c1Cl. The zero-order chi connectivity index (χ0) is 19.7. The molecule has 27 heavy (non-hydrogen) atoms. The molecule has 8 heteroatoms. The Balaban J connectivity index is 1.84. The van der Waals surface area contributed by atoms with Crippen LogP contribution in [0.1, 0.15) is 41.6 Å². The molecule has 1 aromatic carbocycles. The van der Waals surface area contributed by atoms with Crippen LogP contribution in [-0.4, -0.2) is 23.4 Å². The van der Waals surface area contributed by atoms with Gasteiger partial charge in [-0.2, -0.15) is 0 Å². The van der Waals surface area contributed by atoms with E-state index in [1.54, 1.807) is 12.1 Å². The molecule has 1 aromatic heterocycles. The van der Waals surface area contributed by atoms with Crippen molar-refractivity contribution in [1.82, 2.24) is 10.3 Å². The number of nitrogens with one attached hydrogen (secondary N) is 1. The topological polar surface area (TPSA) is 42.0 Å². The lowest BCUT2D eigenvalue weighted by Crippen LogP contribution is -2.45. The van der Waals surface area contributed by atoms with Crippen LogP contribution >= 0.6 is 23.2 Å². The smallest absolute Gasteiger partial charge is 0.252 e. The fourth-order valence-corrected chi connectivity index (χ4v) is 3.77. The second kappa shape index (κ2) is 7.68. The second-order valence-electron chi connectivity index (χ2n) is 6.81. The summed E-state index contributed by atoms with van der Waals surface area (Å²) in [6.07, 6.45) is 2.06. The van der Waals surface area contributed by atoms with Crippen molar-refractivity contribution in [1.29, 1.82) is 0 Å². The zero-order valence-electron chi connectivity index (χ0n) is 14.2. The van der Waals surface area contributed by atoms with E-state index in [4.69, 9.17) is 23.2 Å². The van der Waals surface area contributed by atoms with E-state index in [1.807, 2.05) is 0 Å². The van der Waals surface area contributed by atoms with E-state index in [9.17, 15) is 18.0 Å². The molecule has 3 rings (SSSR count). The van der Waals surface area contributed by atoms with Crippen molar-refractivity contribution in [2.45, 2.75) is 37.0 Å². The third-order valence-electron chi connectivity index (χ3n) is 5.04. The maximum absolute atomic E-state index is 13.7. The van der Waals surface area contributed by atoms with E-state index in [-0.39, 0.29) is 47.8 Å². The molecule has 0 aliphatic heterocycles. The van der Waals surface area contributed by atoms with Crippen LogP contribution in [0.25, 0.3) is 0 Å². The highest BCUT2D eigenvalue weighted by molar-refractivity contribution is 6.43. The lowest BCUT2D eigenvalue weighted by atomic mass is 9.68. The second-order valence-corrected chi connectivity index (χ2v) is 7.60. The molecule has 1 amide bonds. The largest absolute Gasteiger partial charge is 0.351 e. The van der Waals surface area contributed by atoms with E-state index in [2.05, 4.69) is 10.3 Å². The van der Waals surface area contributed by atoms with E-state index in [0.717, 1.165) is 6.20 Å². The summed E-state index contributed by atoms with van der Waals surface area (Å²) in [7, 11) is 0. The standard InChI is InChI=1S/C19H17Cl2F3N2O/c20-15-3-1-2-14(16(15)21)17(27)26-11-18(4-6-19(23,24)7-5-18)12-8-13(22)10-25-9-12/h1-3,8-10H,4-7,11H2,(H,26,27). The van der Waals surface area contributed by atoms with E-state index in [1.165, 1.54) is 18.3 Å². The molecule has 0 atom stereocenters. The summed E-state index contributed by atoms with van der Waals surface area (Å²) >= 11 is 12.0. The molecule has 0 spiro atoms. The molecular formula is C19H17Cl2F3N2O. The van der Waals surface area contributed by atoms with Crippen LogP contribution in [0.3, 0.4) is 0 Å². The number of rotatable bonds is 4. The normalized spacial score (nSPS) is 18.1. The Bertz CT molecular complexity index is 851. The van der Waals surface area contributed by atoms with Gasteiger partial charge >= 0.3 is 0 Å². The van der Waals surface area contributed by atoms with E-state index < -0.39 is 23.1 Å². The summed E-state index contributed by atoms with van der Waals surface area (Å²) < 4.78 is 41.1. The van der Waals surface area contributed by atoms with Crippen LogP contribution in [0.4, 0.5) is 13.2 Å². The van der Waals surface area contributed by atoms with Gasteiger partial charge in [0.2, 0.25) is 5.92 Å². The third-order valence-corrected chi connectivity index (χ3v) is 5.86. The molecule has 0 bridgehead atoms. The summed E-state index contributed by atoms with van der Waals surface area (Å²) in [4.78, 5) is 16.4. The van der Waals surface area contributed by atoms with Crippen molar-refractivity contribution in [2.24, 2.45) is 0 Å². The molecule has 1 aliphatic rings. The van der Waals surface area contributed by atoms with Crippen LogP contribution in [0.2, 0.25) is 10.0 Å². The predicted molar refractivity (Wildman–Crippen MR) is 98.1 cm³/mol. The Hall–Kier alpha value is -1.79. The number of amides is 1. The molecule has 144 valence electrons. The molecule has 0 saturated heterocycles. The summed E-state index contributed by atoms with van der Waals surface area (Å²) in [5, 5.41) is 3.11. The minimum atomic E-state index is -2.76. The lowest BCUT2D eigenvalue weighted by molar-refractivity contribution is -0.0516. The number of benzene rings is 1. The summed E-state index contributed by atoms with van der Waals surface area (Å²) in [5.41, 5.74) is -0.134. The summed E-state index contributed by atoms with van der Waals surface area (Å²) in [5.74, 6) is -3.78. The van der Waals surface area contributed by atoms with Crippen LogP contribution in [0.5, 0.6) is 0 Å². The monoisotopic (exact) mass is 416 g/mol. The van der Waals surface area contributed by atoms with E-state index in [0.29, 0.717) is 5.56 Å². The predicted octanol–water partition coefficient (Wildman–Crippen LogP) is 5.40. The number of halogens is 5. The van der Waals surface area contributed by atoms with Gasteiger partial charge < -0.3 is 5.32 Å². The summed E-state index contributed by atoms with van der Waals surface area (Å²) in [6, 6.07) is 5.96. The fourth-order valence-electron chi connectivity index (χ4n) is 3.39. The zero-order valence-corrected chi connectivity index (χ0v) is 15.8. The Morgan fingerprint density at radius 1 is 1.15 bits per heavy atom. The van der Waals surface area contributed by atoms with Crippen LogP contribution in [0, 0.1) is 5.82 Å². The van der Waals surface area contributed by atoms with Crippen molar-refractivity contribution >= 4 is 29.1 Å². The Morgan fingerprint density at radius 2 is 1.85 bits per heavy atom. The fraction of sp³-hybridized carbons (Fsp3) is 0.368. The molecule has 0 radical (unpaired) electrons. The van der Waals surface area contributed by atoms with Crippen LogP contribution < -0.4 is 5.32 Å². The number of aromatic nitrogens is 1. The molecule has 1 fully saturated rings. The first-order valence-electron chi connectivity index (χ1n) is 8.44. The average molecular weight is 417 g/mol. The molecule has 1 saturated carbocycles. The van der Waals surface area contributed by atoms with Crippen molar-refractivity contribution in [2.75, 3.05) is 6.54 Å². The van der Waals surface area contributed by atoms with Crippen LogP contribution in [-0.2, 0) is 5.41 Å². The Labute approximate surface area is 164 Å². The van der Waals surface area contributed by atoms with Gasteiger partial charge in [0, 0.05) is 31.0 Å². The van der Waals surface area contributed by atoms with Gasteiger partial charge in [0.1, 0.15) is 5.82 Å². The molecule has 1 aliphatic carbocycles. The minimum Gasteiger partial charge on any atom is -0.351 e. The highest BCUT2D eigenvalue weighted by Gasteiger charge is 2.44. The quantitative estimate of drug-likeness (QED) is 0.724. The first-order valence-corrected chi connectivity index (χ1v) is 9.19. The molecular weight excluding hydrogens is 400 g/mol. The highest BCUT2D eigenvalue weighted by Crippen LogP contribution is 2.45. The van der Waals surface area contributed by atoms with Gasteiger partial charge in [-0.25, -0.2) is 13.2 Å². The molecule has 2 aromatic rings. The van der Waals surface area contributed by atoms with Gasteiger partial charge in [-0.1, -0.05) is 29.3 Å². The molecule has 1 heterocycles. The van der Waals surface area contributed by atoms with Gasteiger partial charge in [0.05, 0.1) is 21.8 Å². The average Bonchev–Trinajstić information content (AvgIpc) is 2.63. The van der Waals surface area contributed by atoms with Gasteiger partial charge in [-0.15, -0.1) is 0 Å². The van der Waals surface area contributed by atoms with Gasteiger partial charge in [0.25, 0.3) is 5.91 Å². The van der Waals surface area contributed by atoms with Crippen LogP contribution in [0.15, 0.2) is 36.7 Å². The maximum atomic E-state index is 13.7. The van der Waals surface area contributed by atoms with Gasteiger partial charge in [-0.05, 0) is 36.6 Å². The molecule has 3 nitrogen and oxygen atoms in total. The molecule has 0 unspecified atom stereocenters. The van der Waals surface area contributed by atoms with Crippen molar-refractivity contribution in [3.8, 4) is 0 Å².